The van der Waals surface area contributed by atoms with Crippen molar-refractivity contribution in [1.82, 2.24) is 4.90 Å². The summed E-state index contributed by atoms with van der Waals surface area (Å²) in [7, 11) is 0. The molecule has 3 nitrogen and oxygen atoms in total. The van der Waals surface area contributed by atoms with E-state index < -0.39 is 0 Å². The molecule has 1 saturated heterocycles. The summed E-state index contributed by atoms with van der Waals surface area (Å²) in [5.74, 6) is 0.401. The van der Waals surface area contributed by atoms with E-state index in [0.29, 0.717) is 5.91 Å². The Morgan fingerprint density at radius 2 is 1.65 bits per heavy atom. The van der Waals surface area contributed by atoms with Crippen LogP contribution in [0.25, 0.3) is 0 Å². The number of benzene rings is 1. The summed E-state index contributed by atoms with van der Waals surface area (Å²) in [5, 5.41) is 0. The van der Waals surface area contributed by atoms with Crippen molar-refractivity contribution in [2.45, 2.75) is 63.8 Å². The third-order valence-corrected chi connectivity index (χ3v) is 5.35. The van der Waals surface area contributed by atoms with E-state index in [-0.39, 0.29) is 11.5 Å². The summed E-state index contributed by atoms with van der Waals surface area (Å²) in [6.45, 7) is 3.96. The van der Waals surface area contributed by atoms with Crippen LogP contribution in [-0.2, 0) is 17.6 Å². The predicted octanol–water partition coefficient (Wildman–Crippen LogP) is 3.30. The molecule has 1 unspecified atom stereocenters. The molecule has 1 saturated carbocycles. The Hall–Kier alpha value is -1.35. The molecule has 3 heteroatoms. The van der Waals surface area contributed by atoms with Crippen LogP contribution >= 0.6 is 0 Å². The monoisotopic (exact) mass is 314 g/mol. The Balaban J connectivity index is 1.54. The summed E-state index contributed by atoms with van der Waals surface area (Å²) < 4.78 is 0. The molecule has 0 spiro atoms. The van der Waals surface area contributed by atoms with Gasteiger partial charge in [-0.05, 0) is 49.7 Å². The van der Waals surface area contributed by atoms with Gasteiger partial charge in [-0.3, -0.25) is 4.79 Å². The van der Waals surface area contributed by atoms with Crippen LogP contribution in [0.1, 0.15) is 56.6 Å². The first-order chi connectivity index (χ1) is 11.1. The number of nitrogens with zero attached hydrogens (tertiary/aromatic N) is 1. The van der Waals surface area contributed by atoms with E-state index in [1.807, 2.05) is 0 Å². The highest BCUT2D eigenvalue weighted by molar-refractivity contribution is 5.78. The number of rotatable bonds is 5. The smallest absolute Gasteiger partial charge is 0.225 e. The topological polar surface area (TPSA) is 46.3 Å². The first kappa shape index (κ1) is 16.5. The van der Waals surface area contributed by atoms with E-state index >= 15 is 0 Å². The second-order valence-electron chi connectivity index (χ2n) is 7.70. The summed E-state index contributed by atoms with van der Waals surface area (Å²) in [6.07, 6.45) is 8.97. The van der Waals surface area contributed by atoms with Gasteiger partial charge in [0.1, 0.15) is 0 Å². The van der Waals surface area contributed by atoms with E-state index in [1.54, 1.807) is 0 Å². The number of hydrogen-bond donors (Lipinski definition) is 1. The molecule has 2 N–H and O–H groups in total. The van der Waals surface area contributed by atoms with E-state index in [0.717, 1.165) is 51.6 Å². The van der Waals surface area contributed by atoms with Crippen molar-refractivity contribution in [3.8, 4) is 0 Å². The second-order valence-corrected chi connectivity index (χ2v) is 7.70. The van der Waals surface area contributed by atoms with Gasteiger partial charge in [-0.25, -0.2) is 0 Å². The number of hydrogen-bond acceptors (Lipinski definition) is 2. The van der Waals surface area contributed by atoms with Crippen molar-refractivity contribution in [1.29, 1.82) is 0 Å². The van der Waals surface area contributed by atoms with Crippen LogP contribution in [0.4, 0.5) is 0 Å². The van der Waals surface area contributed by atoms with Gasteiger partial charge in [-0.2, -0.15) is 0 Å². The SMILES string of the molecule is CC(Cc1ccc(CC2(N)CC2)cc1)C(=O)N1CCCCCC1. The van der Waals surface area contributed by atoms with E-state index in [4.69, 9.17) is 5.73 Å². The number of likely N-dealkylation sites (tertiary alicyclic amines) is 1. The van der Waals surface area contributed by atoms with Crippen molar-refractivity contribution >= 4 is 5.91 Å². The number of carbonyl (C=O) groups is 1. The molecule has 1 aromatic carbocycles. The molecule has 0 bridgehead atoms. The molecule has 1 aliphatic heterocycles. The van der Waals surface area contributed by atoms with Crippen LogP contribution in [0.2, 0.25) is 0 Å². The molecular formula is C20H30N2O. The maximum atomic E-state index is 12.6. The Morgan fingerprint density at radius 3 is 2.22 bits per heavy atom. The molecule has 0 aromatic heterocycles. The first-order valence-electron chi connectivity index (χ1n) is 9.21. The van der Waals surface area contributed by atoms with Gasteiger partial charge in [-0.1, -0.05) is 44.0 Å². The summed E-state index contributed by atoms with van der Waals surface area (Å²) in [6, 6.07) is 8.72. The quantitative estimate of drug-likeness (QED) is 0.906. The van der Waals surface area contributed by atoms with Crippen molar-refractivity contribution in [3.63, 3.8) is 0 Å². The van der Waals surface area contributed by atoms with Crippen molar-refractivity contribution in [2.75, 3.05) is 13.1 Å². The second kappa shape index (κ2) is 7.04. The fourth-order valence-electron chi connectivity index (χ4n) is 3.58. The molecule has 1 amide bonds. The largest absolute Gasteiger partial charge is 0.342 e. The molecule has 3 rings (SSSR count). The zero-order valence-corrected chi connectivity index (χ0v) is 14.4. The zero-order valence-electron chi connectivity index (χ0n) is 14.4. The molecule has 1 atom stereocenters. The van der Waals surface area contributed by atoms with Gasteiger partial charge in [0.2, 0.25) is 5.91 Å². The van der Waals surface area contributed by atoms with Gasteiger partial charge in [0.25, 0.3) is 0 Å². The standard InChI is InChI=1S/C20H30N2O/c1-16(19(23)22-12-4-2-3-5-13-22)14-17-6-8-18(9-7-17)15-20(21)10-11-20/h6-9,16H,2-5,10-15,21H2,1H3. The van der Waals surface area contributed by atoms with Crippen molar-refractivity contribution in [3.05, 3.63) is 35.4 Å². The van der Waals surface area contributed by atoms with Crippen molar-refractivity contribution < 1.29 is 4.79 Å². The fraction of sp³-hybridized carbons (Fsp3) is 0.650. The fourth-order valence-corrected chi connectivity index (χ4v) is 3.58. The molecule has 23 heavy (non-hydrogen) atoms. The zero-order chi connectivity index (χ0) is 16.3. The lowest BCUT2D eigenvalue weighted by Crippen LogP contribution is -2.36. The Morgan fingerprint density at radius 1 is 1.09 bits per heavy atom. The maximum absolute atomic E-state index is 12.6. The minimum atomic E-state index is 0.0670. The Kier molecular flexibility index (Phi) is 5.05. The normalized spacial score (nSPS) is 21.6. The third-order valence-electron chi connectivity index (χ3n) is 5.35. The van der Waals surface area contributed by atoms with E-state index in [2.05, 4.69) is 36.1 Å². The summed E-state index contributed by atoms with van der Waals surface area (Å²) in [5.41, 5.74) is 8.82. The predicted molar refractivity (Wildman–Crippen MR) is 94.2 cm³/mol. The van der Waals surface area contributed by atoms with E-state index in [9.17, 15) is 4.79 Å². The van der Waals surface area contributed by atoms with Crippen LogP contribution in [-0.4, -0.2) is 29.4 Å². The number of amides is 1. The Bertz CT molecular complexity index is 525. The lowest BCUT2D eigenvalue weighted by molar-refractivity contribution is -0.134. The molecule has 2 fully saturated rings. The average Bonchev–Trinajstić information content (AvgIpc) is 3.31. The summed E-state index contributed by atoms with van der Waals surface area (Å²) >= 11 is 0. The molecule has 0 radical (unpaired) electrons. The molecule has 126 valence electrons. The molecule has 1 aliphatic carbocycles. The van der Waals surface area contributed by atoms with Gasteiger partial charge < -0.3 is 10.6 Å². The Labute approximate surface area is 140 Å². The lowest BCUT2D eigenvalue weighted by atomic mass is 9.97. The third kappa shape index (κ3) is 4.57. The number of carbonyl (C=O) groups excluding carboxylic acids is 1. The molecular weight excluding hydrogens is 284 g/mol. The summed E-state index contributed by atoms with van der Waals surface area (Å²) in [4.78, 5) is 14.7. The highest BCUT2D eigenvalue weighted by Crippen LogP contribution is 2.35. The minimum Gasteiger partial charge on any atom is -0.342 e. The van der Waals surface area contributed by atoms with Gasteiger partial charge in [-0.15, -0.1) is 0 Å². The molecule has 1 heterocycles. The van der Waals surface area contributed by atoms with Gasteiger partial charge in [0.05, 0.1) is 0 Å². The average molecular weight is 314 g/mol. The van der Waals surface area contributed by atoms with Crippen molar-refractivity contribution in [2.24, 2.45) is 11.7 Å². The highest BCUT2D eigenvalue weighted by atomic mass is 16.2. The highest BCUT2D eigenvalue weighted by Gasteiger charge is 2.37. The van der Waals surface area contributed by atoms with Gasteiger partial charge in [0, 0.05) is 24.5 Å². The lowest BCUT2D eigenvalue weighted by Gasteiger charge is -2.24. The molecule has 1 aromatic rings. The van der Waals surface area contributed by atoms with Crippen LogP contribution in [0.5, 0.6) is 0 Å². The number of nitrogens with two attached hydrogens (primary N) is 1. The van der Waals surface area contributed by atoms with Crippen LogP contribution < -0.4 is 5.73 Å². The van der Waals surface area contributed by atoms with Crippen LogP contribution in [0.3, 0.4) is 0 Å². The first-order valence-corrected chi connectivity index (χ1v) is 9.21. The maximum Gasteiger partial charge on any atom is 0.225 e. The van der Waals surface area contributed by atoms with Crippen LogP contribution in [0.15, 0.2) is 24.3 Å². The van der Waals surface area contributed by atoms with Crippen LogP contribution in [0, 0.1) is 5.92 Å². The van der Waals surface area contributed by atoms with Gasteiger partial charge >= 0.3 is 0 Å². The van der Waals surface area contributed by atoms with Gasteiger partial charge in [0.15, 0.2) is 0 Å². The van der Waals surface area contributed by atoms with E-state index in [1.165, 1.54) is 24.0 Å². The minimum absolute atomic E-state index is 0.0670. The molecule has 2 aliphatic rings.